The second-order valence-corrected chi connectivity index (χ2v) is 5.50. The Morgan fingerprint density at radius 3 is 2.89 bits per heavy atom. The molecule has 98 valence electrons. The molecule has 1 aromatic carbocycles. The van der Waals surface area contributed by atoms with Crippen LogP contribution in [-0.4, -0.2) is 18.4 Å². The molecule has 1 unspecified atom stereocenters. The number of carbonyl (C=O) groups excluding carboxylic acids is 1. The van der Waals surface area contributed by atoms with Crippen LogP contribution < -0.4 is 10.5 Å². The average molecular weight is 268 g/mol. The van der Waals surface area contributed by atoms with Crippen molar-refractivity contribution in [2.75, 3.05) is 6.61 Å². The molecule has 0 aliphatic carbocycles. The van der Waals surface area contributed by atoms with Gasteiger partial charge in [0.05, 0.1) is 12.6 Å². The Bertz CT molecular complexity index is 471. The molecule has 1 atom stereocenters. The summed E-state index contributed by atoms with van der Waals surface area (Å²) in [7, 11) is 0. The Morgan fingerprint density at radius 2 is 2.22 bits per heavy atom. The zero-order chi connectivity index (χ0) is 13.3. The molecule has 0 aromatic heterocycles. The van der Waals surface area contributed by atoms with Crippen LogP contribution in [-0.2, 0) is 17.6 Å². The van der Waals surface area contributed by atoms with E-state index >= 15 is 0 Å². The summed E-state index contributed by atoms with van der Waals surface area (Å²) in [6.07, 6.45) is 1.15. The van der Waals surface area contributed by atoms with Gasteiger partial charge in [0.25, 0.3) is 0 Å². The third kappa shape index (κ3) is 2.68. The van der Waals surface area contributed by atoms with Crippen LogP contribution in [0.1, 0.15) is 25.0 Å². The van der Waals surface area contributed by atoms with Crippen molar-refractivity contribution in [3.63, 3.8) is 0 Å². The highest BCUT2D eigenvalue weighted by Gasteiger charge is 2.23. The number of halogens is 1. The normalized spacial score (nSPS) is 15.4. The summed E-state index contributed by atoms with van der Waals surface area (Å²) in [5.74, 6) is 0.999. The minimum Gasteiger partial charge on any atom is -0.493 e. The van der Waals surface area contributed by atoms with E-state index in [1.807, 2.05) is 19.9 Å². The molecule has 0 spiro atoms. The highest BCUT2D eigenvalue weighted by atomic mass is 35.5. The van der Waals surface area contributed by atoms with Crippen molar-refractivity contribution in [3.05, 3.63) is 28.3 Å². The predicted molar refractivity (Wildman–Crippen MR) is 72.2 cm³/mol. The van der Waals surface area contributed by atoms with Crippen molar-refractivity contribution in [1.29, 1.82) is 0 Å². The van der Waals surface area contributed by atoms with Gasteiger partial charge in [-0.1, -0.05) is 25.4 Å². The molecule has 0 saturated carbocycles. The van der Waals surface area contributed by atoms with E-state index in [0.717, 1.165) is 23.3 Å². The van der Waals surface area contributed by atoms with E-state index in [-0.39, 0.29) is 11.7 Å². The maximum absolute atomic E-state index is 12.0. The van der Waals surface area contributed by atoms with Crippen molar-refractivity contribution < 1.29 is 9.53 Å². The van der Waals surface area contributed by atoms with Gasteiger partial charge >= 0.3 is 0 Å². The summed E-state index contributed by atoms with van der Waals surface area (Å²) in [5.41, 5.74) is 7.81. The summed E-state index contributed by atoms with van der Waals surface area (Å²) >= 11 is 6.06. The van der Waals surface area contributed by atoms with Crippen LogP contribution in [0.2, 0.25) is 5.02 Å². The molecule has 1 heterocycles. The van der Waals surface area contributed by atoms with Gasteiger partial charge < -0.3 is 10.5 Å². The van der Waals surface area contributed by atoms with Gasteiger partial charge in [0.2, 0.25) is 0 Å². The maximum atomic E-state index is 12.0. The summed E-state index contributed by atoms with van der Waals surface area (Å²) in [6.45, 7) is 4.55. The Kier molecular flexibility index (Phi) is 3.93. The molecule has 4 heteroatoms. The van der Waals surface area contributed by atoms with Gasteiger partial charge in [-0.2, -0.15) is 0 Å². The van der Waals surface area contributed by atoms with Crippen molar-refractivity contribution in [2.45, 2.75) is 32.7 Å². The fourth-order valence-electron chi connectivity index (χ4n) is 2.15. The van der Waals surface area contributed by atoms with Gasteiger partial charge in [0.1, 0.15) is 5.75 Å². The van der Waals surface area contributed by atoms with E-state index in [1.54, 1.807) is 6.07 Å². The number of fused-ring (bicyclic) bond motifs is 1. The smallest absolute Gasteiger partial charge is 0.154 e. The molecule has 0 saturated heterocycles. The zero-order valence-corrected chi connectivity index (χ0v) is 11.5. The van der Waals surface area contributed by atoms with E-state index < -0.39 is 6.04 Å². The minimum atomic E-state index is -0.430. The summed E-state index contributed by atoms with van der Waals surface area (Å²) < 4.78 is 5.57. The van der Waals surface area contributed by atoms with Crippen molar-refractivity contribution in [1.82, 2.24) is 0 Å². The zero-order valence-electron chi connectivity index (χ0n) is 10.7. The van der Waals surface area contributed by atoms with Gasteiger partial charge in [0.15, 0.2) is 5.78 Å². The van der Waals surface area contributed by atoms with Crippen molar-refractivity contribution in [3.8, 4) is 5.75 Å². The first-order valence-corrected chi connectivity index (χ1v) is 6.59. The monoisotopic (exact) mass is 267 g/mol. The van der Waals surface area contributed by atoms with E-state index in [9.17, 15) is 4.79 Å². The molecule has 3 nitrogen and oxygen atoms in total. The Labute approximate surface area is 112 Å². The molecule has 0 fully saturated rings. The molecule has 1 aliphatic rings. The van der Waals surface area contributed by atoms with Crippen molar-refractivity contribution >= 4 is 17.4 Å². The third-order valence-electron chi connectivity index (χ3n) is 3.28. The van der Waals surface area contributed by atoms with E-state index in [2.05, 4.69) is 0 Å². The Balaban J connectivity index is 2.22. The maximum Gasteiger partial charge on any atom is 0.154 e. The highest BCUT2D eigenvalue weighted by Crippen LogP contribution is 2.33. The standard InChI is InChI=1S/C14H18ClNO2/c1-8(2)13(16)12(17)7-10-6-11(15)5-9-3-4-18-14(9)10/h5-6,8,13H,3-4,7,16H2,1-2H3. The van der Waals surface area contributed by atoms with Gasteiger partial charge in [-0.25, -0.2) is 0 Å². The Hall–Kier alpha value is -1.06. The number of rotatable bonds is 4. The molecule has 2 N–H and O–H groups in total. The number of benzene rings is 1. The average Bonchev–Trinajstić information content (AvgIpc) is 2.75. The summed E-state index contributed by atoms with van der Waals surface area (Å²) in [4.78, 5) is 12.0. The topological polar surface area (TPSA) is 52.3 Å². The molecule has 0 bridgehead atoms. The number of nitrogens with two attached hydrogens (primary N) is 1. The number of hydrogen-bond donors (Lipinski definition) is 1. The number of Topliss-reactive ketones (excluding diaryl/α,β-unsaturated/α-hetero) is 1. The first kappa shape index (κ1) is 13.4. The molecule has 18 heavy (non-hydrogen) atoms. The van der Waals surface area contributed by atoms with Crippen molar-refractivity contribution in [2.24, 2.45) is 11.7 Å². The van der Waals surface area contributed by atoms with Gasteiger partial charge in [-0.3, -0.25) is 4.79 Å². The Morgan fingerprint density at radius 1 is 1.50 bits per heavy atom. The molecule has 1 aromatic rings. The quantitative estimate of drug-likeness (QED) is 0.911. The lowest BCUT2D eigenvalue weighted by molar-refractivity contribution is -0.120. The summed E-state index contributed by atoms with van der Waals surface area (Å²) in [5, 5.41) is 0.653. The van der Waals surface area contributed by atoms with E-state index in [4.69, 9.17) is 22.1 Å². The van der Waals surface area contributed by atoms with Crippen LogP contribution in [0.5, 0.6) is 5.75 Å². The predicted octanol–water partition coefficient (Wildman–Crippen LogP) is 2.37. The SMILES string of the molecule is CC(C)C(N)C(=O)Cc1cc(Cl)cc2c1OCC2. The number of carbonyl (C=O) groups is 1. The number of ether oxygens (including phenoxy) is 1. The second-order valence-electron chi connectivity index (χ2n) is 5.06. The van der Waals surface area contributed by atoms with Gasteiger partial charge in [-0.05, 0) is 23.6 Å². The minimum absolute atomic E-state index is 0.0324. The lowest BCUT2D eigenvalue weighted by Gasteiger charge is -2.15. The van der Waals surface area contributed by atoms with Gasteiger partial charge in [-0.15, -0.1) is 0 Å². The summed E-state index contributed by atoms with van der Waals surface area (Å²) in [6, 6.07) is 3.28. The van der Waals surface area contributed by atoms with E-state index in [0.29, 0.717) is 18.1 Å². The van der Waals surface area contributed by atoms with Crippen LogP contribution in [0.3, 0.4) is 0 Å². The molecule has 0 radical (unpaired) electrons. The molecule has 0 amide bonds. The first-order chi connectivity index (χ1) is 8.49. The highest BCUT2D eigenvalue weighted by molar-refractivity contribution is 6.30. The van der Waals surface area contributed by atoms with Gasteiger partial charge in [0, 0.05) is 23.4 Å². The molecule has 1 aliphatic heterocycles. The lowest BCUT2D eigenvalue weighted by atomic mass is 9.95. The molecular formula is C14H18ClNO2. The van der Waals surface area contributed by atoms with Crippen LogP contribution in [0.4, 0.5) is 0 Å². The first-order valence-electron chi connectivity index (χ1n) is 6.21. The van der Waals surface area contributed by atoms with Crippen LogP contribution in [0.15, 0.2) is 12.1 Å². The molecular weight excluding hydrogens is 250 g/mol. The van der Waals surface area contributed by atoms with Crippen LogP contribution in [0.25, 0.3) is 0 Å². The van der Waals surface area contributed by atoms with Crippen LogP contribution >= 0.6 is 11.6 Å². The largest absolute Gasteiger partial charge is 0.493 e. The fraction of sp³-hybridized carbons (Fsp3) is 0.500. The molecule has 2 rings (SSSR count). The lowest BCUT2D eigenvalue weighted by Crippen LogP contribution is -2.36. The number of hydrogen-bond acceptors (Lipinski definition) is 3. The third-order valence-corrected chi connectivity index (χ3v) is 3.50. The van der Waals surface area contributed by atoms with Crippen LogP contribution in [0, 0.1) is 5.92 Å². The van der Waals surface area contributed by atoms with E-state index in [1.165, 1.54) is 0 Å². The number of ketones is 1. The second kappa shape index (κ2) is 5.29. The fourth-order valence-corrected chi connectivity index (χ4v) is 2.42.